The topological polar surface area (TPSA) is 130 Å². The number of aliphatic hydroxyl groups is 1. The van der Waals surface area contributed by atoms with Crippen LogP contribution in [0.2, 0.25) is 0 Å². The Morgan fingerprint density at radius 2 is 1.58 bits per heavy atom. The molecular formula is C32H31N5O6. The van der Waals surface area contributed by atoms with Crippen LogP contribution >= 0.6 is 0 Å². The fraction of sp³-hybridized carbons (Fsp3) is 0.250. The fourth-order valence-electron chi connectivity index (χ4n) is 5.46. The van der Waals surface area contributed by atoms with Gasteiger partial charge in [0.2, 0.25) is 12.4 Å². The first-order chi connectivity index (χ1) is 21.0. The first-order valence-electron chi connectivity index (χ1n) is 13.8. The lowest BCUT2D eigenvalue weighted by molar-refractivity contribution is -0.105. The minimum atomic E-state index is -1.05. The summed E-state index contributed by atoms with van der Waals surface area (Å²) in [4.78, 5) is 19.4. The van der Waals surface area contributed by atoms with Crippen molar-refractivity contribution in [3.8, 4) is 11.5 Å². The number of carbonyl (C=O) groups is 1. The molecule has 0 unspecified atom stereocenters. The Kier molecular flexibility index (Phi) is 8.01. The molecule has 3 atom stereocenters. The highest BCUT2D eigenvalue weighted by atomic mass is 16.6. The molecule has 1 aliphatic rings. The van der Waals surface area contributed by atoms with E-state index in [4.69, 9.17) is 18.9 Å². The Labute approximate surface area is 248 Å². The molecule has 43 heavy (non-hydrogen) atoms. The number of anilines is 1. The lowest BCUT2D eigenvalue weighted by atomic mass is 9.80. The van der Waals surface area contributed by atoms with Crippen LogP contribution in [0, 0.1) is 0 Å². The average molecular weight is 582 g/mol. The SMILES string of the molecule is COc1ccc(C(OC[C@H]2O[C@@H](n3ncc4cnc(NC=O)nc43)C[C@@H]2O)(c2ccccc2)c2ccc(OC)cc2)cc1. The van der Waals surface area contributed by atoms with E-state index in [0.29, 0.717) is 17.4 Å². The van der Waals surface area contributed by atoms with E-state index in [0.717, 1.165) is 28.2 Å². The van der Waals surface area contributed by atoms with Crippen LogP contribution in [0.15, 0.2) is 91.3 Å². The fourth-order valence-corrected chi connectivity index (χ4v) is 5.46. The van der Waals surface area contributed by atoms with Gasteiger partial charge in [-0.15, -0.1) is 0 Å². The van der Waals surface area contributed by atoms with Crippen molar-refractivity contribution in [2.75, 3.05) is 26.1 Å². The molecule has 3 aromatic carbocycles. The molecule has 220 valence electrons. The summed E-state index contributed by atoms with van der Waals surface area (Å²) in [5.41, 5.74) is 2.08. The zero-order chi connectivity index (χ0) is 29.8. The molecule has 1 aliphatic heterocycles. The summed E-state index contributed by atoms with van der Waals surface area (Å²) < 4.78 is 25.7. The first kappa shape index (κ1) is 28.3. The Bertz CT molecular complexity index is 1630. The quantitative estimate of drug-likeness (QED) is 0.175. The maximum atomic E-state index is 11.1. The Morgan fingerprint density at radius 3 is 2.19 bits per heavy atom. The summed E-state index contributed by atoms with van der Waals surface area (Å²) in [5, 5.41) is 18.7. The number of nitrogens with one attached hydrogen (secondary N) is 1. The summed E-state index contributed by atoms with van der Waals surface area (Å²) >= 11 is 0. The van der Waals surface area contributed by atoms with E-state index in [-0.39, 0.29) is 19.0 Å². The maximum Gasteiger partial charge on any atom is 0.231 e. The molecule has 1 saturated heterocycles. The predicted molar refractivity (Wildman–Crippen MR) is 158 cm³/mol. The summed E-state index contributed by atoms with van der Waals surface area (Å²) in [6, 6.07) is 25.4. The Balaban J connectivity index is 1.35. The van der Waals surface area contributed by atoms with Crippen molar-refractivity contribution >= 4 is 23.4 Å². The van der Waals surface area contributed by atoms with Gasteiger partial charge in [0.05, 0.1) is 38.5 Å². The Hall–Kier alpha value is -4.84. The van der Waals surface area contributed by atoms with E-state index in [1.54, 1.807) is 31.3 Å². The zero-order valence-corrected chi connectivity index (χ0v) is 23.7. The van der Waals surface area contributed by atoms with Crippen molar-refractivity contribution < 1.29 is 28.8 Å². The minimum absolute atomic E-state index is 0.0662. The number of carbonyl (C=O) groups excluding carboxylic acids is 1. The van der Waals surface area contributed by atoms with E-state index < -0.39 is 24.0 Å². The van der Waals surface area contributed by atoms with Gasteiger partial charge in [-0.1, -0.05) is 54.6 Å². The number of amides is 1. The van der Waals surface area contributed by atoms with Crippen molar-refractivity contribution in [3.63, 3.8) is 0 Å². The van der Waals surface area contributed by atoms with Gasteiger partial charge in [-0.3, -0.25) is 10.1 Å². The van der Waals surface area contributed by atoms with E-state index in [1.165, 1.54) is 0 Å². The van der Waals surface area contributed by atoms with Gasteiger partial charge < -0.3 is 24.1 Å². The highest BCUT2D eigenvalue weighted by molar-refractivity contribution is 5.76. The average Bonchev–Trinajstić information content (AvgIpc) is 3.65. The number of nitrogens with zero attached hydrogens (tertiary/aromatic N) is 4. The number of aromatic nitrogens is 4. The number of rotatable bonds is 11. The van der Waals surface area contributed by atoms with Crippen LogP contribution in [0.3, 0.4) is 0 Å². The number of hydrogen-bond acceptors (Lipinski definition) is 9. The number of fused-ring (bicyclic) bond motifs is 1. The van der Waals surface area contributed by atoms with E-state index in [2.05, 4.69) is 20.4 Å². The molecule has 1 amide bonds. The van der Waals surface area contributed by atoms with Crippen molar-refractivity contribution in [3.05, 3.63) is 108 Å². The van der Waals surface area contributed by atoms with Gasteiger partial charge in [0.25, 0.3) is 0 Å². The molecule has 0 spiro atoms. The highest BCUT2D eigenvalue weighted by Gasteiger charge is 2.42. The number of benzene rings is 3. The predicted octanol–water partition coefficient (Wildman–Crippen LogP) is 4.07. The van der Waals surface area contributed by atoms with Gasteiger partial charge in [0, 0.05) is 12.6 Å². The molecule has 0 radical (unpaired) electrons. The molecule has 11 nitrogen and oxygen atoms in total. The number of ether oxygens (including phenoxy) is 4. The molecule has 0 bridgehead atoms. The van der Waals surface area contributed by atoms with Crippen LogP contribution in [0.25, 0.3) is 11.0 Å². The molecular weight excluding hydrogens is 550 g/mol. The van der Waals surface area contributed by atoms with Gasteiger partial charge in [-0.25, -0.2) is 9.67 Å². The monoisotopic (exact) mass is 581 g/mol. The van der Waals surface area contributed by atoms with Crippen LogP contribution in [-0.2, 0) is 19.9 Å². The third-order valence-corrected chi connectivity index (χ3v) is 7.64. The van der Waals surface area contributed by atoms with Crippen molar-refractivity contribution in [1.82, 2.24) is 19.7 Å². The van der Waals surface area contributed by atoms with Crippen LogP contribution < -0.4 is 14.8 Å². The molecule has 2 N–H and O–H groups in total. The number of hydrogen-bond donors (Lipinski definition) is 2. The van der Waals surface area contributed by atoms with Crippen molar-refractivity contribution in [1.29, 1.82) is 0 Å². The van der Waals surface area contributed by atoms with E-state index >= 15 is 0 Å². The van der Waals surface area contributed by atoms with Crippen LogP contribution in [-0.4, -0.2) is 64.3 Å². The molecule has 5 aromatic rings. The molecule has 6 rings (SSSR count). The Morgan fingerprint density at radius 1 is 0.953 bits per heavy atom. The van der Waals surface area contributed by atoms with Crippen LogP contribution in [0.4, 0.5) is 5.95 Å². The highest BCUT2D eigenvalue weighted by Crippen LogP contribution is 2.43. The second-order valence-corrected chi connectivity index (χ2v) is 10.1. The molecule has 3 heterocycles. The first-order valence-corrected chi connectivity index (χ1v) is 13.8. The molecule has 1 fully saturated rings. The molecule has 2 aromatic heterocycles. The van der Waals surface area contributed by atoms with E-state index in [1.807, 2.05) is 78.9 Å². The molecule has 11 heteroatoms. The van der Waals surface area contributed by atoms with Crippen LogP contribution in [0.1, 0.15) is 29.3 Å². The minimum Gasteiger partial charge on any atom is -0.497 e. The van der Waals surface area contributed by atoms with Gasteiger partial charge in [0.15, 0.2) is 11.9 Å². The van der Waals surface area contributed by atoms with Crippen molar-refractivity contribution in [2.45, 2.75) is 30.5 Å². The molecule has 0 aliphatic carbocycles. The summed E-state index contributed by atoms with van der Waals surface area (Å²) in [5.74, 6) is 1.59. The molecule has 0 saturated carbocycles. The summed E-state index contributed by atoms with van der Waals surface area (Å²) in [6.45, 7) is 0.0662. The normalized spacial score (nSPS) is 18.4. The van der Waals surface area contributed by atoms with Gasteiger partial charge in [-0.2, -0.15) is 10.1 Å². The van der Waals surface area contributed by atoms with Gasteiger partial charge in [0.1, 0.15) is 23.2 Å². The lowest BCUT2D eigenvalue weighted by Crippen LogP contribution is -2.38. The zero-order valence-electron chi connectivity index (χ0n) is 23.7. The largest absolute Gasteiger partial charge is 0.497 e. The van der Waals surface area contributed by atoms with Crippen LogP contribution in [0.5, 0.6) is 11.5 Å². The standard InChI is InChI=1S/C32H31N5O6/c1-40-25-12-8-23(9-13-25)32(22-6-4-3-5-7-22,24-10-14-26(41-2)15-11-24)42-19-28-27(39)16-29(43-28)37-30-21(18-35-37)17-33-31(36-30)34-20-38/h3-15,17-18,20,27-29,39H,16,19H2,1-2H3,(H,33,34,36,38)/t27-,28+,29+/m0/s1. The smallest absolute Gasteiger partial charge is 0.231 e. The third kappa shape index (κ3) is 5.41. The number of aliphatic hydroxyl groups excluding tert-OH is 1. The van der Waals surface area contributed by atoms with E-state index in [9.17, 15) is 9.90 Å². The third-order valence-electron chi connectivity index (χ3n) is 7.64. The van der Waals surface area contributed by atoms with Crippen molar-refractivity contribution in [2.24, 2.45) is 0 Å². The second kappa shape index (κ2) is 12.2. The summed E-state index contributed by atoms with van der Waals surface area (Å²) in [7, 11) is 3.26. The number of methoxy groups -OCH3 is 2. The van der Waals surface area contributed by atoms with Gasteiger partial charge >= 0.3 is 0 Å². The lowest BCUT2D eigenvalue weighted by Gasteiger charge is -2.37. The second-order valence-electron chi connectivity index (χ2n) is 10.1. The van der Waals surface area contributed by atoms with Gasteiger partial charge in [-0.05, 0) is 41.0 Å². The maximum absolute atomic E-state index is 11.1. The summed E-state index contributed by atoms with van der Waals surface area (Å²) in [6.07, 6.45) is 1.87.